The minimum atomic E-state index is -0.970. The Labute approximate surface area is 138 Å². The monoisotopic (exact) mass is 319 g/mol. The van der Waals surface area contributed by atoms with Crippen molar-refractivity contribution >= 4 is 22.4 Å². The van der Waals surface area contributed by atoms with Gasteiger partial charge < -0.3 is 9.64 Å². The van der Waals surface area contributed by atoms with Crippen LogP contribution in [0, 0.1) is 5.82 Å². The van der Waals surface area contributed by atoms with E-state index in [0.29, 0.717) is 11.3 Å². The van der Waals surface area contributed by atoms with Crippen LogP contribution in [0.4, 0.5) is 10.1 Å². The summed E-state index contributed by atoms with van der Waals surface area (Å²) in [6.45, 7) is 0.204. The second kappa shape index (κ2) is 4.35. The molecule has 2 heterocycles. The molecule has 4 heteroatoms. The molecule has 1 unspecified atom stereocenters. The van der Waals surface area contributed by atoms with Gasteiger partial charge in [0.15, 0.2) is 0 Å². The number of likely N-dealkylation sites (N-methyl/N-ethyl adjacent to an activating group) is 1. The standard InChI is InChI=1S/C20H14FNO2/c1-22-16-8-7-13(21)10-15(16)20(19(22)23)11-24-17-9-6-12-4-2-3-5-14(12)18(17)20/h2-10H,11H2,1H3. The highest BCUT2D eigenvalue weighted by Gasteiger charge is 2.56. The van der Waals surface area contributed by atoms with Gasteiger partial charge in [0.2, 0.25) is 5.91 Å². The molecule has 3 nitrogen and oxygen atoms in total. The fourth-order valence-electron chi connectivity index (χ4n) is 4.10. The van der Waals surface area contributed by atoms with Crippen LogP contribution in [-0.4, -0.2) is 19.6 Å². The maximum Gasteiger partial charge on any atom is 0.245 e. The molecule has 5 rings (SSSR count). The Balaban J connectivity index is 1.92. The first kappa shape index (κ1) is 13.5. The fourth-order valence-corrected chi connectivity index (χ4v) is 4.10. The number of carbonyl (C=O) groups excluding carboxylic acids is 1. The number of rotatable bonds is 0. The van der Waals surface area contributed by atoms with Gasteiger partial charge in [-0.05, 0) is 35.0 Å². The minimum absolute atomic E-state index is 0.0711. The van der Waals surface area contributed by atoms with Gasteiger partial charge in [-0.1, -0.05) is 30.3 Å². The zero-order valence-electron chi connectivity index (χ0n) is 13.0. The van der Waals surface area contributed by atoms with Crippen LogP contribution >= 0.6 is 0 Å². The van der Waals surface area contributed by atoms with Gasteiger partial charge in [0.05, 0.1) is 0 Å². The molecule has 0 saturated carbocycles. The van der Waals surface area contributed by atoms with Crippen LogP contribution in [-0.2, 0) is 10.2 Å². The van der Waals surface area contributed by atoms with Gasteiger partial charge in [0.1, 0.15) is 23.6 Å². The van der Waals surface area contributed by atoms with Crippen LogP contribution in [0.5, 0.6) is 5.75 Å². The molecule has 24 heavy (non-hydrogen) atoms. The first-order valence-electron chi connectivity index (χ1n) is 7.86. The summed E-state index contributed by atoms with van der Waals surface area (Å²) in [4.78, 5) is 14.8. The van der Waals surface area contributed by atoms with Gasteiger partial charge in [-0.25, -0.2) is 4.39 Å². The predicted octanol–water partition coefficient (Wildman–Crippen LogP) is 3.63. The lowest BCUT2D eigenvalue weighted by molar-refractivity contribution is -0.121. The molecule has 2 aliphatic heterocycles. The highest BCUT2D eigenvalue weighted by atomic mass is 19.1. The van der Waals surface area contributed by atoms with E-state index >= 15 is 0 Å². The third kappa shape index (κ3) is 1.44. The van der Waals surface area contributed by atoms with Crippen molar-refractivity contribution < 1.29 is 13.9 Å². The quantitative estimate of drug-likeness (QED) is 0.633. The first-order valence-corrected chi connectivity index (χ1v) is 7.86. The van der Waals surface area contributed by atoms with E-state index in [9.17, 15) is 9.18 Å². The molecule has 1 spiro atoms. The van der Waals surface area contributed by atoms with Crippen LogP contribution in [0.15, 0.2) is 54.6 Å². The van der Waals surface area contributed by atoms with Gasteiger partial charge in [-0.15, -0.1) is 0 Å². The third-order valence-corrected chi connectivity index (χ3v) is 5.21. The Bertz CT molecular complexity index is 1030. The Morgan fingerprint density at radius 1 is 1.12 bits per heavy atom. The van der Waals surface area contributed by atoms with Gasteiger partial charge in [-0.2, -0.15) is 0 Å². The summed E-state index contributed by atoms with van der Waals surface area (Å²) in [5.41, 5.74) is 1.31. The number of anilines is 1. The second-order valence-electron chi connectivity index (χ2n) is 6.38. The van der Waals surface area contributed by atoms with Crippen molar-refractivity contribution in [2.75, 3.05) is 18.6 Å². The molecule has 0 N–H and O–H groups in total. The average molecular weight is 319 g/mol. The summed E-state index contributed by atoms with van der Waals surface area (Å²) in [6.07, 6.45) is 0. The Morgan fingerprint density at radius 3 is 2.83 bits per heavy atom. The molecular formula is C20H14FNO2. The predicted molar refractivity (Wildman–Crippen MR) is 90.0 cm³/mol. The summed E-state index contributed by atoms with van der Waals surface area (Å²) in [5, 5.41) is 2.02. The number of fused-ring (bicyclic) bond motifs is 6. The molecule has 0 saturated heterocycles. The van der Waals surface area contributed by atoms with Crippen molar-refractivity contribution in [1.82, 2.24) is 0 Å². The summed E-state index contributed by atoms with van der Waals surface area (Å²) in [6, 6.07) is 16.3. The second-order valence-corrected chi connectivity index (χ2v) is 6.38. The lowest BCUT2D eigenvalue weighted by Gasteiger charge is -2.22. The van der Waals surface area contributed by atoms with Crippen molar-refractivity contribution in [1.29, 1.82) is 0 Å². The normalized spacial score (nSPS) is 21.2. The van der Waals surface area contributed by atoms with E-state index in [1.165, 1.54) is 12.1 Å². The van der Waals surface area contributed by atoms with Crippen molar-refractivity contribution in [2.24, 2.45) is 0 Å². The molecule has 0 radical (unpaired) electrons. The largest absolute Gasteiger partial charge is 0.491 e. The zero-order chi connectivity index (χ0) is 16.5. The van der Waals surface area contributed by atoms with E-state index in [0.717, 1.165) is 22.0 Å². The molecule has 0 fully saturated rings. The summed E-state index contributed by atoms with van der Waals surface area (Å²) < 4.78 is 19.9. The van der Waals surface area contributed by atoms with Crippen molar-refractivity contribution in [3.63, 3.8) is 0 Å². The maximum absolute atomic E-state index is 14.0. The lowest BCUT2D eigenvalue weighted by Crippen LogP contribution is -2.41. The molecular weight excluding hydrogens is 305 g/mol. The van der Waals surface area contributed by atoms with Gasteiger partial charge >= 0.3 is 0 Å². The molecule has 0 aromatic heterocycles. The number of hydrogen-bond acceptors (Lipinski definition) is 2. The Kier molecular flexibility index (Phi) is 2.46. The molecule has 2 aliphatic rings. The third-order valence-electron chi connectivity index (χ3n) is 5.21. The highest BCUT2D eigenvalue weighted by Crippen LogP contribution is 2.53. The number of ether oxygens (including phenoxy) is 1. The molecule has 3 aromatic rings. The average Bonchev–Trinajstić information content (AvgIpc) is 3.09. The van der Waals surface area contributed by atoms with E-state index in [-0.39, 0.29) is 18.3 Å². The molecule has 3 aromatic carbocycles. The Morgan fingerprint density at radius 2 is 1.96 bits per heavy atom. The summed E-state index contributed by atoms with van der Waals surface area (Å²) >= 11 is 0. The van der Waals surface area contributed by atoms with Crippen LogP contribution < -0.4 is 9.64 Å². The molecule has 118 valence electrons. The minimum Gasteiger partial charge on any atom is -0.491 e. The summed E-state index contributed by atoms with van der Waals surface area (Å²) in [5.74, 6) is 0.288. The zero-order valence-corrected chi connectivity index (χ0v) is 13.0. The van der Waals surface area contributed by atoms with E-state index in [2.05, 4.69) is 0 Å². The molecule has 1 atom stereocenters. The SMILES string of the molecule is CN1C(=O)C2(COc3ccc4ccccc4c32)c2cc(F)ccc21. The molecule has 0 bridgehead atoms. The van der Waals surface area contributed by atoms with Crippen molar-refractivity contribution in [3.8, 4) is 5.75 Å². The topological polar surface area (TPSA) is 29.5 Å². The summed E-state index contributed by atoms with van der Waals surface area (Å²) in [7, 11) is 1.73. The number of benzene rings is 3. The lowest BCUT2D eigenvalue weighted by atomic mass is 9.75. The number of hydrogen-bond donors (Lipinski definition) is 0. The van der Waals surface area contributed by atoms with E-state index in [4.69, 9.17) is 4.74 Å². The molecule has 0 aliphatic carbocycles. The fraction of sp³-hybridized carbons (Fsp3) is 0.150. The van der Waals surface area contributed by atoms with Crippen molar-refractivity contribution in [3.05, 3.63) is 71.5 Å². The smallest absolute Gasteiger partial charge is 0.245 e. The van der Waals surface area contributed by atoms with Gasteiger partial charge in [0, 0.05) is 23.9 Å². The van der Waals surface area contributed by atoms with Crippen LogP contribution in [0.2, 0.25) is 0 Å². The number of carbonyl (C=O) groups is 1. The van der Waals surface area contributed by atoms with Crippen LogP contribution in [0.1, 0.15) is 11.1 Å². The number of halogens is 1. The maximum atomic E-state index is 14.0. The van der Waals surface area contributed by atoms with Gasteiger partial charge in [0.25, 0.3) is 0 Å². The number of amides is 1. The number of nitrogens with zero attached hydrogens (tertiary/aromatic N) is 1. The van der Waals surface area contributed by atoms with E-state index in [1.807, 2.05) is 36.4 Å². The molecule has 1 amide bonds. The van der Waals surface area contributed by atoms with Gasteiger partial charge in [-0.3, -0.25) is 4.79 Å². The van der Waals surface area contributed by atoms with E-state index in [1.54, 1.807) is 18.0 Å². The van der Waals surface area contributed by atoms with Crippen molar-refractivity contribution in [2.45, 2.75) is 5.41 Å². The first-order chi connectivity index (χ1) is 11.6. The van der Waals surface area contributed by atoms with E-state index < -0.39 is 5.41 Å². The van der Waals surface area contributed by atoms with Crippen LogP contribution in [0.3, 0.4) is 0 Å². The van der Waals surface area contributed by atoms with Crippen LogP contribution in [0.25, 0.3) is 10.8 Å². The Hall–Kier alpha value is -2.88. The highest BCUT2D eigenvalue weighted by molar-refractivity contribution is 6.13.